The Hall–Kier alpha value is -0.300. The van der Waals surface area contributed by atoms with Crippen LogP contribution in [0.5, 0.6) is 0 Å². The summed E-state index contributed by atoms with van der Waals surface area (Å²) in [5.41, 5.74) is 1.34. The number of fused-ring (bicyclic) bond motifs is 3. The molecule has 0 N–H and O–H groups in total. The Kier molecular flexibility index (Phi) is 4.86. The van der Waals surface area contributed by atoms with Gasteiger partial charge in [-0.05, 0) is 97.2 Å². The Balaban J connectivity index is 1.39. The molecule has 29 heavy (non-hydrogen) atoms. The van der Waals surface area contributed by atoms with Crippen LogP contribution in [0, 0.1) is 52.3 Å². The third kappa shape index (κ3) is 2.81. The first-order valence-corrected chi connectivity index (χ1v) is 13.1. The van der Waals surface area contributed by atoms with Gasteiger partial charge in [-0.15, -0.1) is 0 Å². The minimum Gasteiger partial charge on any atom is -0.365 e. The van der Waals surface area contributed by atoms with Gasteiger partial charge in [0.05, 0.1) is 6.10 Å². The smallest absolute Gasteiger partial charge is 0.101 e. The predicted molar refractivity (Wildman–Crippen MR) is 122 cm³/mol. The van der Waals surface area contributed by atoms with Crippen molar-refractivity contribution in [3.8, 4) is 0 Å². The second kappa shape index (κ2) is 6.85. The number of ether oxygens (including phenoxy) is 1. The first-order valence-electron chi connectivity index (χ1n) is 13.1. The first-order chi connectivity index (χ1) is 13.7. The van der Waals surface area contributed by atoms with Crippen molar-refractivity contribution in [1.82, 2.24) is 0 Å². The first kappa shape index (κ1) is 20.6. The van der Waals surface area contributed by atoms with E-state index in [1.165, 1.54) is 57.8 Å². The van der Waals surface area contributed by atoms with E-state index in [1.807, 2.05) is 0 Å². The summed E-state index contributed by atoms with van der Waals surface area (Å²) in [4.78, 5) is 0. The second-order valence-corrected chi connectivity index (χ2v) is 12.8. The van der Waals surface area contributed by atoms with E-state index in [-0.39, 0.29) is 5.60 Å². The second-order valence-electron chi connectivity index (χ2n) is 12.8. The predicted octanol–water partition coefficient (Wildman–Crippen LogP) is 7.65. The Morgan fingerprint density at radius 1 is 0.828 bits per heavy atom. The lowest BCUT2D eigenvalue weighted by atomic mass is 9.44. The van der Waals surface area contributed by atoms with Gasteiger partial charge in [-0.25, -0.2) is 0 Å². The summed E-state index contributed by atoms with van der Waals surface area (Å²) in [7, 11) is 0. The van der Waals surface area contributed by atoms with Gasteiger partial charge in [0.15, 0.2) is 0 Å². The maximum atomic E-state index is 6.85. The highest BCUT2D eigenvalue weighted by Crippen LogP contribution is 2.76. The molecule has 0 radical (unpaired) electrons. The summed E-state index contributed by atoms with van der Waals surface area (Å²) in [6.07, 6.45) is 18.7. The topological polar surface area (TPSA) is 12.5 Å². The lowest BCUT2D eigenvalue weighted by Gasteiger charge is -2.59. The van der Waals surface area contributed by atoms with Crippen LogP contribution < -0.4 is 0 Å². The Morgan fingerprint density at radius 3 is 2.34 bits per heavy atom. The van der Waals surface area contributed by atoms with Crippen molar-refractivity contribution in [2.75, 3.05) is 0 Å². The number of rotatable bonds is 4. The largest absolute Gasteiger partial charge is 0.365 e. The van der Waals surface area contributed by atoms with E-state index in [2.05, 4.69) is 53.7 Å². The molecule has 1 saturated heterocycles. The number of epoxide rings is 1. The van der Waals surface area contributed by atoms with Gasteiger partial charge < -0.3 is 4.74 Å². The SMILES string of the molecule is CC(C)[C@@H](C)/C=C/[C@@H](C)[C@@H]1CC[C@@H]2[C@]1(C)CC[C@@H]1[C@@]3(C)CCCC[C@@H]3C[C@H]3O[C@]123. The number of allylic oxidation sites excluding steroid dienone is 2. The summed E-state index contributed by atoms with van der Waals surface area (Å²) in [6, 6.07) is 0. The van der Waals surface area contributed by atoms with E-state index < -0.39 is 0 Å². The Labute approximate surface area is 180 Å². The zero-order chi connectivity index (χ0) is 20.6. The summed E-state index contributed by atoms with van der Waals surface area (Å²) in [5, 5.41) is 0. The molecule has 0 aromatic carbocycles. The maximum Gasteiger partial charge on any atom is 0.101 e. The molecule has 5 rings (SSSR count). The van der Waals surface area contributed by atoms with Crippen LogP contribution in [-0.4, -0.2) is 11.7 Å². The average Bonchev–Trinajstić information content (AvgIpc) is 3.26. The van der Waals surface area contributed by atoms with E-state index in [0.29, 0.717) is 28.8 Å². The molecule has 0 unspecified atom stereocenters. The van der Waals surface area contributed by atoms with Crippen molar-refractivity contribution < 1.29 is 4.74 Å². The van der Waals surface area contributed by atoms with Gasteiger partial charge in [-0.2, -0.15) is 0 Å². The molecule has 164 valence electrons. The van der Waals surface area contributed by atoms with Gasteiger partial charge in [-0.3, -0.25) is 0 Å². The standard InChI is InChI=1S/C28H46O/c1-18(2)19(3)10-11-20(4)22-12-13-23-27(22,6)16-14-24-26(5)15-8-7-9-21(26)17-25-28(23,24)29-25/h10-11,18-25H,7-9,12-17H2,1-6H3/b11-10+/t19-,20+,21+,22-,23+,24+,25+,26-,27+,28-/m0/s1. The molecule has 1 aliphatic heterocycles. The van der Waals surface area contributed by atoms with Crippen molar-refractivity contribution in [3.63, 3.8) is 0 Å². The fourth-order valence-corrected chi connectivity index (χ4v) is 9.30. The van der Waals surface area contributed by atoms with Crippen LogP contribution in [0.3, 0.4) is 0 Å². The fraction of sp³-hybridized carbons (Fsp3) is 0.929. The average molecular weight is 399 g/mol. The van der Waals surface area contributed by atoms with Crippen LogP contribution in [0.1, 0.15) is 99.3 Å². The fourth-order valence-electron chi connectivity index (χ4n) is 9.30. The van der Waals surface area contributed by atoms with Gasteiger partial charge in [0, 0.05) is 0 Å². The minimum absolute atomic E-state index is 0.277. The molecule has 0 aromatic heterocycles. The van der Waals surface area contributed by atoms with Crippen LogP contribution in [0.25, 0.3) is 0 Å². The molecule has 1 spiro atoms. The lowest BCUT2D eigenvalue weighted by molar-refractivity contribution is -0.102. The van der Waals surface area contributed by atoms with Crippen LogP contribution in [0.2, 0.25) is 0 Å². The molecule has 1 heterocycles. The summed E-state index contributed by atoms with van der Waals surface area (Å²) >= 11 is 0. The molecule has 0 bridgehead atoms. The zero-order valence-corrected chi connectivity index (χ0v) is 20.0. The van der Waals surface area contributed by atoms with Gasteiger partial charge in [-0.1, -0.05) is 66.5 Å². The Morgan fingerprint density at radius 2 is 1.59 bits per heavy atom. The molecule has 1 heteroatoms. The van der Waals surface area contributed by atoms with E-state index in [9.17, 15) is 0 Å². The minimum atomic E-state index is 0.277. The molecular formula is C28H46O. The van der Waals surface area contributed by atoms with E-state index >= 15 is 0 Å². The monoisotopic (exact) mass is 398 g/mol. The molecule has 10 atom stereocenters. The zero-order valence-electron chi connectivity index (χ0n) is 20.0. The third-order valence-electron chi connectivity index (χ3n) is 11.4. The van der Waals surface area contributed by atoms with Gasteiger partial charge in [0.2, 0.25) is 0 Å². The lowest BCUT2D eigenvalue weighted by Crippen LogP contribution is -2.58. The summed E-state index contributed by atoms with van der Waals surface area (Å²) in [6.45, 7) is 14.9. The maximum absolute atomic E-state index is 6.85. The molecule has 0 amide bonds. The normalized spacial score (nSPS) is 53.1. The van der Waals surface area contributed by atoms with Gasteiger partial charge in [0.25, 0.3) is 0 Å². The molecule has 5 fully saturated rings. The van der Waals surface area contributed by atoms with Crippen LogP contribution in [0.15, 0.2) is 12.2 Å². The third-order valence-corrected chi connectivity index (χ3v) is 11.4. The summed E-state index contributed by atoms with van der Waals surface area (Å²) in [5.74, 6) is 5.60. The number of hydrogen-bond acceptors (Lipinski definition) is 1. The quantitative estimate of drug-likeness (QED) is 0.350. The van der Waals surface area contributed by atoms with Crippen molar-refractivity contribution in [1.29, 1.82) is 0 Å². The van der Waals surface area contributed by atoms with Crippen molar-refractivity contribution >= 4 is 0 Å². The van der Waals surface area contributed by atoms with Crippen molar-refractivity contribution in [2.24, 2.45) is 52.3 Å². The Bertz CT molecular complexity index is 665. The highest BCUT2D eigenvalue weighted by molar-refractivity contribution is 5.26. The van der Waals surface area contributed by atoms with Crippen LogP contribution in [0.4, 0.5) is 0 Å². The van der Waals surface area contributed by atoms with E-state index in [1.54, 1.807) is 0 Å². The van der Waals surface area contributed by atoms with Crippen molar-refractivity contribution in [3.05, 3.63) is 12.2 Å². The van der Waals surface area contributed by atoms with Crippen LogP contribution >= 0.6 is 0 Å². The number of hydrogen-bond donors (Lipinski definition) is 0. The highest BCUT2D eigenvalue weighted by Gasteiger charge is 2.78. The van der Waals surface area contributed by atoms with E-state index in [4.69, 9.17) is 4.74 Å². The van der Waals surface area contributed by atoms with Gasteiger partial charge >= 0.3 is 0 Å². The molecule has 4 saturated carbocycles. The summed E-state index contributed by atoms with van der Waals surface area (Å²) < 4.78 is 6.85. The molecule has 1 nitrogen and oxygen atoms in total. The van der Waals surface area contributed by atoms with Gasteiger partial charge in [0.1, 0.15) is 5.60 Å². The van der Waals surface area contributed by atoms with Crippen LogP contribution in [-0.2, 0) is 4.74 Å². The molecular weight excluding hydrogens is 352 g/mol. The van der Waals surface area contributed by atoms with Crippen molar-refractivity contribution in [2.45, 2.75) is 111 Å². The molecule has 5 aliphatic rings. The molecule has 4 aliphatic carbocycles. The highest BCUT2D eigenvalue weighted by atomic mass is 16.6. The van der Waals surface area contributed by atoms with E-state index in [0.717, 1.165) is 29.6 Å². The molecule has 0 aromatic rings.